The van der Waals surface area contributed by atoms with Crippen molar-refractivity contribution >= 4 is 0 Å². The monoisotopic (exact) mass is 570 g/mol. The van der Waals surface area contributed by atoms with E-state index in [2.05, 4.69) is 115 Å². The minimum absolute atomic E-state index is 0.905. The SMILES string of the molecule is C1=C2/C=C\CNCCN(Cc3ccc(CN4CCN/C=C5\CNC=C(/C=C\CNCC4)C5)cc3)CCN/C=C(\CN1)C2. The van der Waals surface area contributed by atoms with Crippen molar-refractivity contribution < 1.29 is 0 Å². The van der Waals surface area contributed by atoms with E-state index in [0.717, 1.165) is 104 Å². The molecule has 42 heavy (non-hydrogen) atoms. The van der Waals surface area contributed by atoms with Crippen molar-refractivity contribution in [3.05, 3.63) is 107 Å². The van der Waals surface area contributed by atoms with Gasteiger partial charge < -0.3 is 31.9 Å². The Balaban J connectivity index is 1.12. The van der Waals surface area contributed by atoms with Crippen molar-refractivity contribution in [1.29, 1.82) is 0 Å². The highest BCUT2D eigenvalue weighted by Gasteiger charge is 2.11. The first-order valence-corrected chi connectivity index (χ1v) is 15.7. The molecule has 0 saturated carbocycles. The Morgan fingerprint density at radius 2 is 0.976 bits per heavy atom. The van der Waals surface area contributed by atoms with Crippen molar-refractivity contribution in [2.75, 3.05) is 78.5 Å². The van der Waals surface area contributed by atoms with Gasteiger partial charge in [-0.3, -0.25) is 9.80 Å². The topological polar surface area (TPSA) is 78.7 Å². The lowest BCUT2D eigenvalue weighted by molar-refractivity contribution is 0.267. The summed E-state index contributed by atoms with van der Waals surface area (Å²) >= 11 is 0. The van der Waals surface area contributed by atoms with E-state index in [1.165, 1.54) is 33.4 Å². The van der Waals surface area contributed by atoms with Crippen LogP contribution in [0.2, 0.25) is 0 Å². The summed E-state index contributed by atoms with van der Waals surface area (Å²) in [5.74, 6) is 0. The highest BCUT2D eigenvalue weighted by Crippen LogP contribution is 2.16. The van der Waals surface area contributed by atoms with Gasteiger partial charge in [-0.2, -0.15) is 0 Å². The fourth-order valence-electron chi connectivity index (χ4n) is 5.75. The molecule has 8 nitrogen and oxygen atoms in total. The number of fused-ring (bicyclic) bond motifs is 4. The van der Waals surface area contributed by atoms with E-state index in [4.69, 9.17) is 0 Å². The number of rotatable bonds is 4. The van der Waals surface area contributed by atoms with Gasteiger partial charge in [0.05, 0.1) is 0 Å². The molecule has 0 amide bonds. The first kappa shape index (κ1) is 30.2. The van der Waals surface area contributed by atoms with Gasteiger partial charge in [-0.15, -0.1) is 0 Å². The van der Waals surface area contributed by atoms with Gasteiger partial charge in [0.15, 0.2) is 0 Å². The molecule has 0 radical (unpaired) electrons. The zero-order chi connectivity index (χ0) is 28.7. The Labute approximate surface area is 252 Å². The van der Waals surface area contributed by atoms with Gasteiger partial charge in [-0.05, 0) is 58.7 Å². The molecule has 4 heterocycles. The van der Waals surface area contributed by atoms with Crippen molar-refractivity contribution in [3.8, 4) is 0 Å². The van der Waals surface area contributed by atoms with Crippen molar-refractivity contribution in [1.82, 2.24) is 41.7 Å². The molecule has 0 saturated heterocycles. The molecule has 1 aromatic carbocycles. The standard InChI is InChI=1S/C34H50N8/c1-3-31-19-33(25-39-21-31)23-37-13-17-41(15-11-35-9-1)27-29-5-7-30(8-6-29)28-42-16-12-36-10-2-4-32-20-34(26-40-22-32)24-38-14-18-42/h1-8,21-24,35-40H,9-20,25-28H2/b3-1-,4-2-,33-23-,34-24-. The van der Waals surface area contributed by atoms with Crippen LogP contribution in [-0.4, -0.2) is 88.3 Å². The van der Waals surface area contributed by atoms with Gasteiger partial charge in [0, 0.05) is 104 Å². The predicted molar refractivity (Wildman–Crippen MR) is 175 cm³/mol. The van der Waals surface area contributed by atoms with Gasteiger partial charge in [0.1, 0.15) is 0 Å². The maximum atomic E-state index is 3.59. The molecule has 0 atom stereocenters. The highest BCUT2D eigenvalue weighted by atomic mass is 15.2. The Hall–Kier alpha value is -3.30. The normalized spacial score (nSPS) is 25.9. The predicted octanol–water partition coefficient (Wildman–Crippen LogP) is 2.31. The minimum atomic E-state index is 0.905. The van der Waals surface area contributed by atoms with E-state index in [-0.39, 0.29) is 0 Å². The van der Waals surface area contributed by atoms with Crippen LogP contribution in [0.25, 0.3) is 0 Å². The number of hydrogen-bond donors (Lipinski definition) is 6. The summed E-state index contributed by atoms with van der Waals surface area (Å²) in [5, 5.41) is 21.1. The summed E-state index contributed by atoms with van der Waals surface area (Å²) in [6.45, 7) is 13.6. The number of nitrogens with zero attached hydrogens (tertiary/aromatic N) is 2. The molecule has 6 N–H and O–H groups in total. The van der Waals surface area contributed by atoms with Crippen LogP contribution in [0, 0.1) is 0 Å². The summed E-state index contributed by atoms with van der Waals surface area (Å²) in [6.07, 6.45) is 19.7. The second kappa shape index (κ2) is 17.0. The largest absolute Gasteiger partial charge is 0.390 e. The fourth-order valence-corrected chi connectivity index (χ4v) is 5.75. The third kappa shape index (κ3) is 10.5. The van der Waals surface area contributed by atoms with Crippen LogP contribution >= 0.6 is 0 Å². The quantitative estimate of drug-likeness (QED) is 0.330. The second-order valence-corrected chi connectivity index (χ2v) is 11.6. The lowest BCUT2D eigenvalue weighted by Crippen LogP contribution is -2.36. The Kier molecular flexibility index (Phi) is 12.2. The molecule has 4 aliphatic rings. The molecule has 4 aliphatic heterocycles. The van der Waals surface area contributed by atoms with Gasteiger partial charge in [-0.1, -0.05) is 48.6 Å². The van der Waals surface area contributed by atoms with E-state index in [9.17, 15) is 0 Å². The third-order valence-corrected chi connectivity index (χ3v) is 8.09. The van der Waals surface area contributed by atoms with Crippen LogP contribution in [0.15, 0.2) is 95.7 Å². The van der Waals surface area contributed by atoms with Crippen LogP contribution in [0.3, 0.4) is 0 Å². The molecule has 4 bridgehead atoms. The second-order valence-electron chi connectivity index (χ2n) is 11.6. The molecule has 226 valence electrons. The molecule has 0 aromatic heterocycles. The van der Waals surface area contributed by atoms with Crippen LogP contribution in [0.5, 0.6) is 0 Å². The molecule has 8 heteroatoms. The average molecular weight is 571 g/mol. The highest BCUT2D eigenvalue weighted by molar-refractivity contribution is 5.30. The third-order valence-electron chi connectivity index (χ3n) is 8.09. The number of hydrogen-bond acceptors (Lipinski definition) is 8. The number of allylic oxidation sites excluding steroid dienone is 4. The van der Waals surface area contributed by atoms with Crippen molar-refractivity contribution in [2.24, 2.45) is 0 Å². The van der Waals surface area contributed by atoms with Gasteiger partial charge in [0.2, 0.25) is 0 Å². The van der Waals surface area contributed by atoms with E-state index < -0.39 is 0 Å². The maximum absolute atomic E-state index is 3.59. The van der Waals surface area contributed by atoms with E-state index in [1.54, 1.807) is 0 Å². The Bertz CT molecular complexity index is 1070. The molecule has 0 unspecified atom stereocenters. The summed E-state index contributed by atoms with van der Waals surface area (Å²) in [5.41, 5.74) is 8.25. The first-order chi connectivity index (χ1) is 20.8. The molecule has 0 aliphatic carbocycles. The van der Waals surface area contributed by atoms with Gasteiger partial charge in [-0.25, -0.2) is 0 Å². The first-order valence-electron chi connectivity index (χ1n) is 15.7. The van der Waals surface area contributed by atoms with E-state index in [0.29, 0.717) is 0 Å². The van der Waals surface area contributed by atoms with E-state index in [1.807, 2.05) is 0 Å². The van der Waals surface area contributed by atoms with Crippen LogP contribution in [-0.2, 0) is 13.1 Å². The maximum Gasteiger partial charge on any atom is 0.0375 e. The van der Waals surface area contributed by atoms with Crippen LogP contribution in [0.1, 0.15) is 24.0 Å². The van der Waals surface area contributed by atoms with Gasteiger partial charge >= 0.3 is 0 Å². The lowest BCUT2D eigenvalue weighted by atomic mass is 10.0. The Morgan fingerprint density at radius 1 is 0.524 bits per heavy atom. The minimum Gasteiger partial charge on any atom is -0.390 e. The van der Waals surface area contributed by atoms with E-state index >= 15 is 0 Å². The van der Waals surface area contributed by atoms with Crippen LogP contribution < -0.4 is 31.9 Å². The summed E-state index contributed by atoms with van der Waals surface area (Å²) in [7, 11) is 0. The number of nitrogens with one attached hydrogen (secondary N) is 6. The fraction of sp³-hybridized carbons (Fsp3) is 0.471. The molecule has 0 fully saturated rings. The zero-order valence-electron chi connectivity index (χ0n) is 25.1. The summed E-state index contributed by atoms with van der Waals surface area (Å²) in [4.78, 5) is 5.10. The molecule has 1 aromatic rings. The molecular weight excluding hydrogens is 520 g/mol. The summed E-state index contributed by atoms with van der Waals surface area (Å²) < 4.78 is 0. The average Bonchev–Trinajstić information content (AvgIpc) is 3.01. The molecule has 0 spiro atoms. The lowest BCUT2D eigenvalue weighted by Gasteiger charge is -2.25. The van der Waals surface area contributed by atoms with Crippen LogP contribution in [0.4, 0.5) is 0 Å². The smallest absolute Gasteiger partial charge is 0.0375 e. The summed E-state index contributed by atoms with van der Waals surface area (Å²) in [6, 6.07) is 9.30. The van der Waals surface area contributed by atoms with Crippen molar-refractivity contribution in [2.45, 2.75) is 25.9 Å². The molecule has 5 rings (SSSR count). The zero-order valence-corrected chi connectivity index (χ0v) is 25.1. The molecular formula is C34H50N8. The van der Waals surface area contributed by atoms with Gasteiger partial charge in [0.25, 0.3) is 0 Å². The van der Waals surface area contributed by atoms with Crippen molar-refractivity contribution in [3.63, 3.8) is 0 Å². The Morgan fingerprint density at radius 3 is 1.45 bits per heavy atom. The number of benzene rings is 1.